The van der Waals surface area contributed by atoms with Crippen LogP contribution in [0.5, 0.6) is 0 Å². The van der Waals surface area contributed by atoms with E-state index in [1.807, 2.05) is 30.3 Å². The van der Waals surface area contributed by atoms with Crippen LogP contribution in [0.2, 0.25) is 0 Å². The van der Waals surface area contributed by atoms with Gasteiger partial charge in [0.2, 0.25) is 5.13 Å². The predicted octanol–water partition coefficient (Wildman–Crippen LogP) is 3.41. The Balaban J connectivity index is 1.71. The number of nitrogens with zero attached hydrogens (tertiary/aromatic N) is 4. The summed E-state index contributed by atoms with van der Waals surface area (Å²) in [4.78, 5) is 4.34. The van der Waals surface area contributed by atoms with E-state index in [0.717, 1.165) is 5.56 Å². The molecule has 3 rings (SSSR count). The van der Waals surface area contributed by atoms with Gasteiger partial charge in [-0.3, -0.25) is 4.68 Å². The summed E-state index contributed by atoms with van der Waals surface area (Å²) in [5.74, 6) is 1.08. The lowest BCUT2D eigenvalue weighted by Crippen LogP contribution is -2.07. The van der Waals surface area contributed by atoms with Gasteiger partial charge in [0, 0.05) is 29.4 Å². The van der Waals surface area contributed by atoms with E-state index in [1.54, 1.807) is 6.07 Å². The van der Waals surface area contributed by atoms with Crippen LogP contribution in [0, 0.1) is 0 Å². The summed E-state index contributed by atoms with van der Waals surface area (Å²) in [6.07, 6.45) is -0.933. The van der Waals surface area contributed by atoms with E-state index in [2.05, 4.69) is 19.8 Å². The zero-order valence-corrected chi connectivity index (χ0v) is 11.6. The van der Waals surface area contributed by atoms with E-state index in [4.69, 9.17) is 0 Å². The summed E-state index contributed by atoms with van der Waals surface area (Å²) >= 11 is 1.19. The molecule has 0 amide bonds. The highest BCUT2D eigenvalue weighted by Crippen LogP contribution is 2.22. The molecule has 0 saturated carbocycles. The number of hydrogen-bond acceptors (Lipinski definition) is 5. The zero-order chi connectivity index (χ0) is 14.7. The molecule has 1 N–H and O–H groups in total. The molecule has 3 aromatic rings. The molecule has 2 heterocycles. The van der Waals surface area contributed by atoms with E-state index in [1.165, 1.54) is 22.4 Å². The van der Waals surface area contributed by atoms with Crippen LogP contribution in [0.25, 0.3) is 11.4 Å². The van der Waals surface area contributed by atoms with Crippen molar-refractivity contribution in [2.45, 2.75) is 13.0 Å². The molecule has 0 aliphatic carbocycles. The van der Waals surface area contributed by atoms with E-state index in [9.17, 15) is 8.78 Å². The van der Waals surface area contributed by atoms with Gasteiger partial charge in [0.25, 0.3) is 6.43 Å². The number of nitrogens with one attached hydrogen (secondary N) is 1. The van der Waals surface area contributed by atoms with Crippen molar-refractivity contribution < 1.29 is 8.78 Å². The molecule has 0 atom stereocenters. The summed E-state index contributed by atoms with van der Waals surface area (Å²) in [5, 5.41) is 7.51. The van der Waals surface area contributed by atoms with Crippen LogP contribution in [0.1, 0.15) is 0 Å². The number of aromatic nitrogens is 4. The number of benzene rings is 1. The molecule has 21 heavy (non-hydrogen) atoms. The Labute approximate surface area is 123 Å². The third kappa shape index (κ3) is 3.40. The summed E-state index contributed by atoms with van der Waals surface area (Å²) < 4.78 is 29.9. The van der Waals surface area contributed by atoms with Gasteiger partial charge in [-0.2, -0.15) is 14.5 Å². The molecule has 0 saturated heterocycles. The van der Waals surface area contributed by atoms with Gasteiger partial charge in [0.1, 0.15) is 6.54 Å². The SMILES string of the molecule is FC(F)Cn1ccc(Nc2nc(-c3ccccc3)ns2)n1. The number of anilines is 2. The van der Waals surface area contributed by atoms with E-state index >= 15 is 0 Å². The first-order valence-electron chi connectivity index (χ1n) is 6.18. The van der Waals surface area contributed by atoms with Gasteiger partial charge >= 0.3 is 0 Å². The second-order valence-corrected chi connectivity index (χ2v) is 4.98. The molecular formula is C13H11F2N5S. The van der Waals surface area contributed by atoms with Gasteiger partial charge in [-0.25, -0.2) is 8.78 Å². The first-order chi connectivity index (χ1) is 10.2. The summed E-state index contributed by atoms with van der Waals surface area (Å²) in [6, 6.07) is 11.2. The Bertz CT molecular complexity index is 710. The van der Waals surface area contributed by atoms with Crippen molar-refractivity contribution in [3.63, 3.8) is 0 Å². The third-order valence-electron chi connectivity index (χ3n) is 2.66. The van der Waals surface area contributed by atoms with Crippen LogP contribution in [-0.2, 0) is 6.54 Å². The Morgan fingerprint density at radius 3 is 2.76 bits per heavy atom. The van der Waals surface area contributed by atoms with Crippen LogP contribution in [0.3, 0.4) is 0 Å². The fourth-order valence-corrected chi connectivity index (χ4v) is 2.36. The molecular weight excluding hydrogens is 296 g/mol. The Kier molecular flexibility index (Phi) is 3.87. The molecule has 0 fully saturated rings. The second-order valence-electron chi connectivity index (χ2n) is 4.23. The lowest BCUT2D eigenvalue weighted by molar-refractivity contribution is 0.122. The highest BCUT2D eigenvalue weighted by Gasteiger charge is 2.09. The van der Waals surface area contributed by atoms with Gasteiger partial charge < -0.3 is 5.32 Å². The minimum atomic E-state index is -2.43. The lowest BCUT2D eigenvalue weighted by atomic mass is 10.2. The monoisotopic (exact) mass is 307 g/mol. The molecule has 8 heteroatoms. The van der Waals surface area contributed by atoms with Crippen LogP contribution in [-0.4, -0.2) is 25.6 Å². The maximum Gasteiger partial charge on any atom is 0.257 e. The van der Waals surface area contributed by atoms with Gasteiger partial charge in [-0.15, -0.1) is 0 Å². The Morgan fingerprint density at radius 1 is 1.19 bits per heavy atom. The Morgan fingerprint density at radius 2 is 2.00 bits per heavy atom. The maximum atomic E-state index is 12.2. The average Bonchev–Trinajstić information content (AvgIpc) is 3.09. The average molecular weight is 307 g/mol. The normalized spacial score (nSPS) is 11.0. The van der Waals surface area contributed by atoms with E-state index in [0.29, 0.717) is 16.8 Å². The highest BCUT2D eigenvalue weighted by molar-refractivity contribution is 7.09. The smallest absolute Gasteiger partial charge is 0.257 e. The fraction of sp³-hybridized carbons (Fsp3) is 0.154. The maximum absolute atomic E-state index is 12.2. The summed E-state index contributed by atoms with van der Waals surface area (Å²) in [5.41, 5.74) is 0.921. The summed E-state index contributed by atoms with van der Waals surface area (Å²) in [6.45, 7) is -0.424. The lowest BCUT2D eigenvalue weighted by Gasteiger charge is -1.99. The van der Waals surface area contributed by atoms with Gasteiger partial charge in [0.05, 0.1) is 0 Å². The minimum absolute atomic E-state index is 0.424. The zero-order valence-electron chi connectivity index (χ0n) is 10.8. The van der Waals surface area contributed by atoms with E-state index < -0.39 is 13.0 Å². The third-order valence-corrected chi connectivity index (χ3v) is 3.29. The largest absolute Gasteiger partial charge is 0.313 e. The van der Waals surface area contributed by atoms with Crippen LogP contribution in [0.15, 0.2) is 42.6 Å². The standard InChI is InChI=1S/C13H11F2N5S/c14-10(15)8-20-7-6-11(18-20)16-13-17-12(19-21-13)9-4-2-1-3-5-9/h1-7,10H,8H2,(H,16,17,18,19). The first-order valence-corrected chi connectivity index (χ1v) is 6.96. The molecule has 0 bridgehead atoms. The predicted molar refractivity (Wildman–Crippen MR) is 76.9 cm³/mol. The molecule has 1 aromatic carbocycles. The molecule has 108 valence electrons. The minimum Gasteiger partial charge on any atom is -0.313 e. The first kappa shape index (κ1) is 13.6. The number of rotatable bonds is 5. The highest BCUT2D eigenvalue weighted by atomic mass is 32.1. The van der Waals surface area contributed by atoms with Crippen molar-refractivity contribution >= 4 is 22.5 Å². The van der Waals surface area contributed by atoms with Crippen molar-refractivity contribution in [1.29, 1.82) is 0 Å². The van der Waals surface area contributed by atoms with Gasteiger partial charge in [-0.05, 0) is 0 Å². The van der Waals surface area contributed by atoms with Gasteiger partial charge in [-0.1, -0.05) is 30.3 Å². The van der Waals surface area contributed by atoms with Crippen molar-refractivity contribution in [3.05, 3.63) is 42.6 Å². The van der Waals surface area contributed by atoms with Crippen molar-refractivity contribution in [3.8, 4) is 11.4 Å². The van der Waals surface area contributed by atoms with Crippen LogP contribution < -0.4 is 5.32 Å². The molecule has 0 spiro atoms. The molecule has 0 unspecified atom stereocenters. The number of halogens is 2. The second kappa shape index (κ2) is 5.96. The molecule has 0 aliphatic rings. The fourth-order valence-electron chi connectivity index (χ4n) is 1.76. The molecule has 0 aliphatic heterocycles. The summed E-state index contributed by atoms with van der Waals surface area (Å²) in [7, 11) is 0. The molecule has 0 radical (unpaired) electrons. The molecule has 5 nitrogen and oxygen atoms in total. The van der Waals surface area contributed by atoms with Gasteiger partial charge in [0.15, 0.2) is 11.6 Å². The van der Waals surface area contributed by atoms with Crippen molar-refractivity contribution in [2.24, 2.45) is 0 Å². The van der Waals surface area contributed by atoms with Crippen LogP contribution in [0.4, 0.5) is 19.7 Å². The van der Waals surface area contributed by atoms with Crippen molar-refractivity contribution in [1.82, 2.24) is 19.1 Å². The van der Waals surface area contributed by atoms with E-state index in [-0.39, 0.29) is 0 Å². The van der Waals surface area contributed by atoms with Crippen LogP contribution >= 0.6 is 11.5 Å². The molecule has 2 aromatic heterocycles. The number of hydrogen-bond donors (Lipinski definition) is 1. The quantitative estimate of drug-likeness (QED) is 0.785. The van der Waals surface area contributed by atoms with Crippen molar-refractivity contribution in [2.75, 3.05) is 5.32 Å². The number of alkyl halides is 2. The Hall–Kier alpha value is -2.35. The topological polar surface area (TPSA) is 55.6 Å².